The van der Waals surface area contributed by atoms with E-state index in [1.54, 1.807) is 4.90 Å². The first-order chi connectivity index (χ1) is 6.29. The van der Waals surface area contributed by atoms with Crippen LogP contribution in [0.4, 0.5) is 9.18 Å². The molecule has 2 rings (SSSR count). The third kappa shape index (κ3) is 1.62. The Balaban J connectivity index is 2.01. The quantitative estimate of drug-likeness (QED) is 0.657. The first-order valence-corrected chi connectivity index (χ1v) is 4.97. The lowest BCUT2D eigenvalue weighted by Crippen LogP contribution is -2.45. The van der Waals surface area contributed by atoms with E-state index in [9.17, 15) is 9.18 Å². The van der Waals surface area contributed by atoms with Gasteiger partial charge in [-0.05, 0) is 12.8 Å². The third-order valence-corrected chi connectivity index (χ3v) is 2.94. The average molecular weight is 186 g/mol. The van der Waals surface area contributed by atoms with Crippen LogP contribution in [0.25, 0.3) is 0 Å². The first-order valence-electron chi connectivity index (χ1n) is 4.97. The Kier molecular flexibility index (Phi) is 2.38. The number of rotatable bonds is 1. The molecule has 1 heterocycles. The Morgan fingerprint density at radius 3 is 2.77 bits per heavy atom. The minimum Gasteiger partial charge on any atom is -0.336 e. The van der Waals surface area contributed by atoms with Crippen LogP contribution >= 0.6 is 0 Å². The van der Waals surface area contributed by atoms with Crippen LogP contribution in [-0.2, 0) is 0 Å². The summed E-state index contributed by atoms with van der Waals surface area (Å²) in [6.45, 7) is 1.34. The van der Waals surface area contributed by atoms with Crippen LogP contribution in [0, 0.1) is 0 Å². The van der Waals surface area contributed by atoms with Gasteiger partial charge in [0.15, 0.2) is 0 Å². The molecule has 0 spiro atoms. The van der Waals surface area contributed by atoms with Gasteiger partial charge in [0.25, 0.3) is 0 Å². The monoisotopic (exact) mass is 186 g/mol. The zero-order valence-corrected chi connectivity index (χ0v) is 7.63. The van der Waals surface area contributed by atoms with E-state index in [1.807, 2.05) is 0 Å². The molecule has 0 aromatic heterocycles. The zero-order chi connectivity index (χ0) is 9.26. The summed E-state index contributed by atoms with van der Waals surface area (Å²) in [5, 5.41) is 2.71. The number of hydrogen-bond acceptors (Lipinski definition) is 1. The second kappa shape index (κ2) is 3.52. The van der Waals surface area contributed by atoms with Crippen LogP contribution in [0.15, 0.2) is 0 Å². The van der Waals surface area contributed by atoms with Gasteiger partial charge in [-0.25, -0.2) is 9.18 Å². The van der Waals surface area contributed by atoms with E-state index in [2.05, 4.69) is 5.32 Å². The number of nitrogens with zero attached hydrogens (tertiary/aromatic N) is 1. The minimum atomic E-state index is -0.808. The van der Waals surface area contributed by atoms with Gasteiger partial charge in [-0.2, -0.15) is 0 Å². The fourth-order valence-corrected chi connectivity index (χ4v) is 2.22. The average Bonchev–Trinajstić information content (AvgIpc) is 2.52. The molecule has 2 aliphatic rings. The Morgan fingerprint density at radius 2 is 2.15 bits per heavy atom. The van der Waals surface area contributed by atoms with Gasteiger partial charge in [-0.15, -0.1) is 0 Å². The predicted octanol–water partition coefficient (Wildman–Crippen LogP) is 1.29. The van der Waals surface area contributed by atoms with E-state index in [0.29, 0.717) is 19.5 Å². The van der Waals surface area contributed by atoms with E-state index >= 15 is 0 Å². The Hall–Kier alpha value is -0.800. The van der Waals surface area contributed by atoms with Gasteiger partial charge >= 0.3 is 6.03 Å². The third-order valence-electron chi connectivity index (χ3n) is 2.94. The van der Waals surface area contributed by atoms with E-state index in [1.165, 1.54) is 0 Å². The summed E-state index contributed by atoms with van der Waals surface area (Å²) in [6, 6.07) is -0.245. The molecule has 0 unspecified atom stereocenters. The smallest absolute Gasteiger partial charge is 0.317 e. The van der Waals surface area contributed by atoms with E-state index in [4.69, 9.17) is 0 Å². The topological polar surface area (TPSA) is 32.3 Å². The Labute approximate surface area is 77.3 Å². The van der Waals surface area contributed by atoms with Crippen LogP contribution in [0.2, 0.25) is 0 Å². The molecule has 0 bridgehead atoms. The molecule has 0 aromatic rings. The number of urea groups is 1. The summed E-state index contributed by atoms with van der Waals surface area (Å²) in [5.74, 6) is 0. The van der Waals surface area contributed by atoms with Crippen molar-refractivity contribution in [3.05, 3.63) is 0 Å². The van der Waals surface area contributed by atoms with Gasteiger partial charge in [0, 0.05) is 13.1 Å². The molecule has 13 heavy (non-hydrogen) atoms. The van der Waals surface area contributed by atoms with Crippen molar-refractivity contribution < 1.29 is 9.18 Å². The van der Waals surface area contributed by atoms with Crippen molar-refractivity contribution in [3.63, 3.8) is 0 Å². The number of nitrogens with one attached hydrogen (secondary N) is 1. The fraction of sp³-hybridized carbons (Fsp3) is 0.889. The lowest BCUT2D eigenvalue weighted by atomic mass is 9.93. The summed E-state index contributed by atoms with van der Waals surface area (Å²) in [4.78, 5) is 12.9. The molecule has 2 atom stereocenters. The van der Waals surface area contributed by atoms with Gasteiger partial charge in [0.2, 0.25) is 0 Å². The number of halogens is 1. The molecule has 1 saturated carbocycles. The minimum absolute atomic E-state index is 0.0884. The molecule has 74 valence electrons. The van der Waals surface area contributed by atoms with Gasteiger partial charge in [0.1, 0.15) is 6.17 Å². The van der Waals surface area contributed by atoms with E-state index in [0.717, 1.165) is 19.3 Å². The molecule has 1 aliphatic carbocycles. The second-order valence-electron chi connectivity index (χ2n) is 3.79. The summed E-state index contributed by atoms with van der Waals surface area (Å²) in [5.41, 5.74) is 0. The molecule has 1 aliphatic heterocycles. The SMILES string of the molecule is O=C1NCCN1[C@H]1CCCC[C@H]1F. The highest BCUT2D eigenvalue weighted by atomic mass is 19.1. The Bertz CT molecular complexity index is 210. The highest BCUT2D eigenvalue weighted by Gasteiger charge is 2.34. The maximum Gasteiger partial charge on any atom is 0.317 e. The van der Waals surface area contributed by atoms with Crippen LogP contribution < -0.4 is 5.32 Å². The fourth-order valence-electron chi connectivity index (χ4n) is 2.22. The molecule has 2 fully saturated rings. The van der Waals surface area contributed by atoms with Crippen molar-refractivity contribution in [1.82, 2.24) is 10.2 Å². The number of hydrogen-bond donors (Lipinski definition) is 1. The van der Waals surface area contributed by atoms with Gasteiger partial charge in [-0.3, -0.25) is 0 Å². The van der Waals surface area contributed by atoms with Crippen molar-refractivity contribution in [2.24, 2.45) is 0 Å². The summed E-state index contributed by atoms with van der Waals surface area (Å²) in [6.07, 6.45) is 2.66. The van der Waals surface area contributed by atoms with Crippen molar-refractivity contribution >= 4 is 6.03 Å². The van der Waals surface area contributed by atoms with Crippen molar-refractivity contribution in [3.8, 4) is 0 Å². The van der Waals surface area contributed by atoms with Crippen LogP contribution in [0.3, 0.4) is 0 Å². The Morgan fingerprint density at radius 1 is 1.38 bits per heavy atom. The van der Waals surface area contributed by atoms with E-state index in [-0.39, 0.29) is 12.1 Å². The maximum atomic E-state index is 13.5. The largest absolute Gasteiger partial charge is 0.336 e. The molecule has 3 nitrogen and oxygen atoms in total. The highest BCUT2D eigenvalue weighted by molar-refractivity contribution is 5.76. The summed E-state index contributed by atoms with van der Waals surface area (Å²) in [7, 11) is 0. The van der Waals surface area contributed by atoms with Crippen molar-refractivity contribution in [2.45, 2.75) is 37.9 Å². The summed E-state index contributed by atoms with van der Waals surface area (Å²) >= 11 is 0. The number of alkyl halides is 1. The van der Waals surface area contributed by atoms with Crippen molar-refractivity contribution in [1.29, 1.82) is 0 Å². The lowest BCUT2D eigenvalue weighted by Gasteiger charge is -2.32. The highest BCUT2D eigenvalue weighted by Crippen LogP contribution is 2.26. The molecule has 1 N–H and O–H groups in total. The number of amides is 2. The number of carbonyl (C=O) groups is 1. The predicted molar refractivity (Wildman–Crippen MR) is 47.3 cm³/mol. The first kappa shape index (κ1) is 8.78. The molecule has 1 saturated heterocycles. The number of carbonyl (C=O) groups excluding carboxylic acids is 1. The molecule has 0 aromatic carbocycles. The molecular weight excluding hydrogens is 171 g/mol. The second-order valence-corrected chi connectivity index (χ2v) is 3.79. The lowest BCUT2D eigenvalue weighted by molar-refractivity contribution is 0.109. The van der Waals surface area contributed by atoms with E-state index < -0.39 is 6.17 Å². The molecule has 0 radical (unpaired) electrons. The van der Waals surface area contributed by atoms with Crippen LogP contribution in [-0.4, -0.2) is 36.2 Å². The molecule has 4 heteroatoms. The normalized spacial score (nSPS) is 34.8. The van der Waals surface area contributed by atoms with Gasteiger partial charge in [0.05, 0.1) is 6.04 Å². The zero-order valence-electron chi connectivity index (χ0n) is 7.63. The summed E-state index contributed by atoms with van der Waals surface area (Å²) < 4.78 is 13.5. The van der Waals surface area contributed by atoms with Gasteiger partial charge in [-0.1, -0.05) is 12.8 Å². The standard InChI is InChI=1S/C9H15FN2O/c10-7-3-1-2-4-8(7)12-6-5-11-9(12)13/h7-8H,1-6H2,(H,11,13)/t7-,8+/m1/s1. The molecular formula is C9H15FN2O. The van der Waals surface area contributed by atoms with Crippen molar-refractivity contribution in [2.75, 3.05) is 13.1 Å². The maximum absolute atomic E-state index is 13.5. The van der Waals surface area contributed by atoms with Crippen LogP contribution in [0.1, 0.15) is 25.7 Å². The molecule has 2 amide bonds. The van der Waals surface area contributed by atoms with Gasteiger partial charge < -0.3 is 10.2 Å². The van der Waals surface area contributed by atoms with Crippen LogP contribution in [0.5, 0.6) is 0 Å².